The first kappa shape index (κ1) is 13.3. The van der Waals surface area contributed by atoms with E-state index in [0.29, 0.717) is 18.0 Å². The molecule has 2 aromatic heterocycles. The van der Waals surface area contributed by atoms with Crippen LogP contribution in [0.3, 0.4) is 0 Å². The van der Waals surface area contributed by atoms with Gasteiger partial charge in [-0.2, -0.15) is 0 Å². The second-order valence-electron chi connectivity index (χ2n) is 4.32. The van der Waals surface area contributed by atoms with Gasteiger partial charge in [0.15, 0.2) is 0 Å². The van der Waals surface area contributed by atoms with Crippen LogP contribution in [0.15, 0.2) is 42.3 Å². The van der Waals surface area contributed by atoms with Crippen LogP contribution in [-0.2, 0) is 12.4 Å². The number of hydrogen-bond acceptors (Lipinski definition) is 3. The monoisotopic (exact) mass is 307 g/mol. The first-order valence-corrected chi connectivity index (χ1v) is 7.42. The summed E-state index contributed by atoms with van der Waals surface area (Å²) in [6.45, 7) is 0.469. The van der Waals surface area contributed by atoms with Crippen LogP contribution in [0.1, 0.15) is 11.3 Å². The molecule has 0 bridgehead atoms. The van der Waals surface area contributed by atoms with E-state index >= 15 is 0 Å². The van der Waals surface area contributed by atoms with Crippen molar-refractivity contribution in [2.45, 2.75) is 12.4 Å². The lowest BCUT2D eigenvalue weighted by atomic mass is 10.1. The van der Waals surface area contributed by atoms with Crippen LogP contribution < -0.4 is 0 Å². The van der Waals surface area contributed by atoms with Gasteiger partial charge in [0.05, 0.1) is 24.4 Å². The lowest BCUT2D eigenvalue weighted by Gasteiger charge is -2.05. The minimum Gasteiger partial charge on any atom is -0.333 e. The Bertz CT molecular complexity index is 709. The minimum atomic E-state index is -0.237. The number of benzene rings is 1. The molecule has 2 heterocycles. The summed E-state index contributed by atoms with van der Waals surface area (Å²) in [7, 11) is 0. The third kappa shape index (κ3) is 2.73. The summed E-state index contributed by atoms with van der Waals surface area (Å²) in [4.78, 5) is 8.30. The van der Waals surface area contributed by atoms with Crippen molar-refractivity contribution in [1.82, 2.24) is 14.5 Å². The first-order chi connectivity index (χ1) is 9.76. The molecule has 3 aromatic rings. The summed E-state index contributed by atoms with van der Waals surface area (Å²) in [6, 6.07) is 5.18. The number of hydrogen-bond donors (Lipinski definition) is 0. The molecule has 0 atom stereocenters. The zero-order valence-corrected chi connectivity index (χ0v) is 12.0. The molecular weight excluding hydrogens is 297 g/mol. The van der Waals surface area contributed by atoms with Crippen LogP contribution >= 0.6 is 22.9 Å². The van der Waals surface area contributed by atoms with E-state index in [2.05, 4.69) is 9.97 Å². The van der Waals surface area contributed by atoms with Gasteiger partial charge in [-0.1, -0.05) is 12.1 Å². The molecule has 0 saturated heterocycles. The van der Waals surface area contributed by atoms with Gasteiger partial charge in [-0.05, 0) is 6.07 Å². The molecule has 0 radical (unpaired) electrons. The average Bonchev–Trinajstić information content (AvgIpc) is 3.12. The average molecular weight is 308 g/mol. The van der Waals surface area contributed by atoms with Gasteiger partial charge in [-0.3, -0.25) is 0 Å². The number of thiazole rings is 1. The van der Waals surface area contributed by atoms with Crippen LogP contribution in [0, 0.1) is 5.82 Å². The molecule has 3 rings (SSSR count). The highest BCUT2D eigenvalue weighted by molar-refractivity contribution is 7.13. The van der Waals surface area contributed by atoms with Crippen molar-refractivity contribution in [3.63, 3.8) is 0 Å². The molecule has 20 heavy (non-hydrogen) atoms. The number of imidazole rings is 1. The Morgan fingerprint density at radius 1 is 1.35 bits per heavy atom. The maximum Gasteiger partial charge on any atom is 0.128 e. The van der Waals surface area contributed by atoms with E-state index in [1.807, 2.05) is 16.0 Å². The van der Waals surface area contributed by atoms with E-state index in [9.17, 15) is 4.39 Å². The van der Waals surface area contributed by atoms with E-state index in [1.54, 1.807) is 24.8 Å². The fourth-order valence-electron chi connectivity index (χ4n) is 1.89. The second kappa shape index (κ2) is 5.73. The Hall–Kier alpha value is -1.72. The van der Waals surface area contributed by atoms with Gasteiger partial charge in [0.1, 0.15) is 10.8 Å². The molecule has 1 aromatic carbocycles. The zero-order chi connectivity index (χ0) is 13.9. The molecule has 0 spiro atoms. The van der Waals surface area contributed by atoms with E-state index in [-0.39, 0.29) is 5.82 Å². The SMILES string of the molecule is Fc1cc(-c2nc(CCl)cs2)ccc1Cn1ccnc1. The number of halogens is 2. The molecule has 3 nitrogen and oxygen atoms in total. The summed E-state index contributed by atoms with van der Waals surface area (Å²) in [6.07, 6.45) is 5.15. The maximum atomic E-state index is 14.1. The van der Waals surface area contributed by atoms with Crippen LogP contribution in [-0.4, -0.2) is 14.5 Å². The van der Waals surface area contributed by atoms with Gasteiger partial charge in [0, 0.05) is 28.9 Å². The van der Waals surface area contributed by atoms with E-state index in [4.69, 9.17) is 11.6 Å². The Kier molecular flexibility index (Phi) is 3.80. The Morgan fingerprint density at radius 2 is 2.25 bits per heavy atom. The molecule has 0 aliphatic heterocycles. The lowest BCUT2D eigenvalue weighted by molar-refractivity contribution is 0.600. The van der Waals surface area contributed by atoms with Crippen molar-refractivity contribution in [2.24, 2.45) is 0 Å². The normalized spacial score (nSPS) is 10.9. The molecule has 0 N–H and O–H groups in total. The summed E-state index contributed by atoms with van der Waals surface area (Å²) in [5.41, 5.74) is 2.22. The van der Waals surface area contributed by atoms with Crippen molar-refractivity contribution >= 4 is 22.9 Å². The third-order valence-electron chi connectivity index (χ3n) is 2.90. The fourth-order valence-corrected chi connectivity index (χ4v) is 2.93. The summed E-state index contributed by atoms with van der Waals surface area (Å²) in [5.74, 6) is 0.136. The van der Waals surface area contributed by atoms with Crippen molar-refractivity contribution in [1.29, 1.82) is 0 Å². The lowest BCUT2D eigenvalue weighted by Crippen LogP contribution is -1.99. The highest BCUT2D eigenvalue weighted by Crippen LogP contribution is 2.26. The summed E-state index contributed by atoms with van der Waals surface area (Å²) >= 11 is 7.19. The first-order valence-electron chi connectivity index (χ1n) is 6.01. The molecule has 0 saturated carbocycles. The predicted octanol–water partition coefficient (Wildman–Crippen LogP) is 3.93. The third-order valence-corrected chi connectivity index (χ3v) is 4.11. The fraction of sp³-hybridized carbons (Fsp3) is 0.143. The van der Waals surface area contributed by atoms with E-state index in [0.717, 1.165) is 16.3 Å². The van der Waals surface area contributed by atoms with Gasteiger partial charge >= 0.3 is 0 Å². The molecule has 0 aliphatic carbocycles. The Balaban J connectivity index is 1.87. The van der Waals surface area contributed by atoms with Gasteiger partial charge in [0.2, 0.25) is 0 Å². The molecule has 0 aliphatic rings. The zero-order valence-electron chi connectivity index (χ0n) is 10.5. The predicted molar refractivity (Wildman–Crippen MR) is 78.4 cm³/mol. The topological polar surface area (TPSA) is 30.7 Å². The van der Waals surface area contributed by atoms with Gasteiger partial charge < -0.3 is 4.57 Å². The molecule has 0 unspecified atom stereocenters. The minimum absolute atomic E-state index is 0.237. The second-order valence-corrected chi connectivity index (χ2v) is 5.44. The molecule has 6 heteroatoms. The van der Waals surface area contributed by atoms with Crippen LogP contribution in [0.5, 0.6) is 0 Å². The summed E-state index contributed by atoms with van der Waals surface area (Å²) in [5, 5.41) is 2.67. The standard InChI is InChI=1S/C14H11ClFN3S/c15-6-12-8-20-14(18-12)10-1-2-11(13(16)5-10)7-19-4-3-17-9-19/h1-5,8-9H,6-7H2. The van der Waals surface area contributed by atoms with Crippen molar-refractivity contribution < 1.29 is 4.39 Å². The Labute approximate surface area is 124 Å². The van der Waals surface area contributed by atoms with Gasteiger partial charge in [-0.15, -0.1) is 22.9 Å². The molecule has 0 amide bonds. The maximum absolute atomic E-state index is 14.1. The number of rotatable bonds is 4. The number of aromatic nitrogens is 3. The highest BCUT2D eigenvalue weighted by atomic mass is 35.5. The highest BCUT2D eigenvalue weighted by Gasteiger charge is 2.09. The van der Waals surface area contributed by atoms with Crippen LogP contribution in [0.25, 0.3) is 10.6 Å². The van der Waals surface area contributed by atoms with Gasteiger partial charge in [0.25, 0.3) is 0 Å². The Morgan fingerprint density at radius 3 is 2.90 bits per heavy atom. The quantitative estimate of drug-likeness (QED) is 0.684. The van der Waals surface area contributed by atoms with Crippen molar-refractivity contribution in [3.05, 3.63) is 59.4 Å². The van der Waals surface area contributed by atoms with Gasteiger partial charge in [-0.25, -0.2) is 14.4 Å². The molecular formula is C14H11ClFN3S. The molecule has 0 fully saturated rings. The van der Waals surface area contributed by atoms with E-state index in [1.165, 1.54) is 17.4 Å². The van der Waals surface area contributed by atoms with Crippen LogP contribution in [0.4, 0.5) is 4.39 Å². The largest absolute Gasteiger partial charge is 0.333 e. The smallest absolute Gasteiger partial charge is 0.128 e. The number of alkyl halides is 1. The molecule has 102 valence electrons. The van der Waals surface area contributed by atoms with E-state index < -0.39 is 0 Å². The number of nitrogens with zero attached hydrogens (tertiary/aromatic N) is 3. The van der Waals surface area contributed by atoms with Crippen molar-refractivity contribution in [2.75, 3.05) is 0 Å². The van der Waals surface area contributed by atoms with Crippen LogP contribution in [0.2, 0.25) is 0 Å². The summed E-state index contributed by atoms with van der Waals surface area (Å²) < 4.78 is 16.0. The van der Waals surface area contributed by atoms with Crippen molar-refractivity contribution in [3.8, 4) is 10.6 Å².